The van der Waals surface area contributed by atoms with E-state index in [4.69, 9.17) is 9.84 Å². The number of carboxylic acids is 1. The van der Waals surface area contributed by atoms with Gasteiger partial charge in [-0.3, -0.25) is 9.59 Å². The molecule has 27 heavy (non-hydrogen) atoms. The lowest BCUT2D eigenvalue weighted by Gasteiger charge is -2.19. The summed E-state index contributed by atoms with van der Waals surface area (Å²) in [6.45, 7) is -0.602. The van der Waals surface area contributed by atoms with Crippen molar-refractivity contribution in [2.75, 3.05) is 26.7 Å². The van der Waals surface area contributed by atoms with Gasteiger partial charge in [-0.15, -0.1) is 0 Å². The van der Waals surface area contributed by atoms with Crippen LogP contribution in [0.25, 0.3) is 11.1 Å². The number of carbonyl (C=O) groups excluding carboxylic acids is 2. The Kier molecular flexibility index (Phi) is 5.40. The van der Waals surface area contributed by atoms with E-state index in [0.717, 1.165) is 27.2 Å². The molecule has 3 rings (SSSR count). The van der Waals surface area contributed by atoms with Crippen LogP contribution in [0.15, 0.2) is 48.5 Å². The first-order valence-corrected chi connectivity index (χ1v) is 8.52. The van der Waals surface area contributed by atoms with Crippen molar-refractivity contribution in [3.63, 3.8) is 0 Å². The Morgan fingerprint density at radius 1 is 1.04 bits per heavy atom. The number of carboxylic acid groups (broad SMARTS) is 1. The highest BCUT2D eigenvalue weighted by atomic mass is 16.6. The number of aliphatic carboxylic acids is 1. The monoisotopic (exact) mass is 368 g/mol. The molecule has 0 saturated heterocycles. The second kappa shape index (κ2) is 7.90. The van der Waals surface area contributed by atoms with Gasteiger partial charge >= 0.3 is 12.1 Å². The normalized spacial score (nSPS) is 12.0. The van der Waals surface area contributed by atoms with Gasteiger partial charge in [0.25, 0.3) is 0 Å². The van der Waals surface area contributed by atoms with E-state index in [1.54, 1.807) is 0 Å². The van der Waals surface area contributed by atoms with E-state index in [9.17, 15) is 14.4 Å². The van der Waals surface area contributed by atoms with Crippen molar-refractivity contribution in [2.24, 2.45) is 0 Å². The summed E-state index contributed by atoms with van der Waals surface area (Å²) < 4.78 is 5.42. The number of nitrogens with one attached hydrogen (secondary N) is 1. The standard InChI is InChI=1S/C20H20N2O5/c1-22(11-18(23)21-10-19(24)25)20(26)27-12-17-15-8-4-2-6-13(15)14-7-3-5-9-16(14)17/h2-9,17H,10-12H2,1H3,(H,21,23)(H,24,25). The lowest BCUT2D eigenvalue weighted by Crippen LogP contribution is -2.40. The number of carbonyl (C=O) groups is 3. The highest BCUT2D eigenvalue weighted by molar-refractivity contribution is 5.85. The maximum atomic E-state index is 12.2. The van der Waals surface area contributed by atoms with Gasteiger partial charge in [0.2, 0.25) is 5.91 Å². The Morgan fingerprint density at radius 2 is 1.59 bits per heavy atom. The van der Waals surface area contributed by atoms with Crippen molar-refractivity contribution in [1.29, 1.82) is 0 Å². The minimum absolute atomic E-state index is 0.0596. The van der Waals surface area contributed by atoms with Gasteiger partial charge in [0.15, 0.2) is 0 Å². The molecule has 0 aliphatic heterocycles. The third-order valence-corrected chi connectivity index (χ3v) is 4.47. The Balaban J connectivity index is 1.62. The van der Waals surface area contributed by atoms with Gasteiger partial charge in [-0.05, 0) is 22.3 Å². The lowest BCUT2D eigenvalue weighted by molar-refractivity contribution is -0.138. The molecule has 140 valence electrons. The molecule has 1 aliphatic carbocycles. The van der Waals surface area contributed by atoms with Gasteiger partial charge in [0, 0.05) is 13.0 Å². The Morgan fingerprint density at radius 3 is 2.15 bits per heavy atom. The summed E-state index contributed by atoms with van der Waals surface area (Å²) in [5.41, 5.74) is 4.48. The lowest BCUT2D eigenvalue weighted by atomic mass is 9.98. The maximum absolute atomic E-state index is 12.2. The summed E-state index contributed by atoms with van der Waals surface area (Å²) in [7, 11) is 1.43. The van der Waals surface area contributed by atoms with Crippen LogP contribution in [0.4, 0.5) is 4.79 Å². The first kappa shape index (κ1) is 18.4. The SMILES string of the molecule is CN(CC(=O)NCC(=O)O)C(=O)OCC1c2ccccc2-c2ccccc21. The topological polar surface area (TPSA) is 95.9 Å². The van der Waals surface area contributed by atoms with Crippen LogP contribution in [0.5, 0.6) is 0 Å². The van der Waals surface area contributed by atoms with Crippen molar-refractivity contribution >= 4 is 18.0 Å². The largest absolute Gasteiger partial charge is 0.480 e. The molecule has 2 amide bonds. The molecule has 1 aliphatic rings. The summed E-state index contributed by atoms with van der Waals surface area (Å²) in [4.78, 5) is 35.4. The average molecular weight is 368 g/mol. The molecule has 0 bridgehead atoms. The predicted octanol–water partition coefficient (Wildman–Crippen LogP) is 2.07. The Hall–Kier alpha value is -3.35. The molecular weight excluding hydrogens is 348 g/mol. The van der Waals surface area contributed by atoms with Crippen LogP contribution in [0.2, 0.25) is 0 Å². The zero-order chi connectivity index (χ0) is 19.4. The maximum Gasteiger partial charge on any atom is 0.409 e. The molecule has 0 spiro atoms. The zero-order valence-electron chi connectivity index (χ0n) is 14.8. The number of amides is 2. The number of nitrogens with zero attached hydrogens (tertiary/aromatic N) is 1. The van der Waals surface area contributed by atoms with Gasteiger partial charge in [-0.1, -0.05) is 48.5 Å². The van der Waals surface area contributed by atoms with Gasteiger partial charge in [0.1, 0.15) is 19.7 Å². The van der Waals surface area contributed by atoms with Crippen LogP contribution in [0, 0.1) is 0 Å². The molecule has 0 atom stereocenters. The summed E-state index contributed by atoms with van der Waals surface area (Å²) in [5, 5.41) is 10.8. The molecule has 2 N–H and O–H groups in total. The van der Waals surface area contributed by atoms with E-state index in [1.807, 2.05) is 36.4 Å². The molecule has 2 aromatic rings. The van der Waals surface area contributed by atoms with Crippen LogP contribution in [-0.4, -0.2) is 54.7 Å². The number of ether oxygens (including phenoxy) is 1. The minimum Gasteiger partial charge on any atom is -0.480 e. The van der Waals surface area contributed by atoms with Crippen LogP contribution < -0.4 is 5.32 Å². The fraction of sp³-hybridized carbons (Fsp3) is 0.250. The molecule has 7 nitrogen and oxygen atoms in total. The second-order valence-corrected chi connectivity index (χ2v) is 6.33. The summed E-state index contributed by atoms with van der Waals surface area (Å²) in [6.07, 6.45) is -0.637. The number of hydrogen-bond donors (Lipinski definition) is 2. The molecule has 0 saturated carbocycles. The first-order valence-electron chi connectivity index (χ1n) is 8.52. The first-order chi connectivity index (χ1) is 13.0. The van der Waals surface area contributed by atoms with Crippen molar-refractivity contribution in [3.05, 3.63) is 59.7 Å². The van der Waals surface area contributed by atoms with Crippen molar-refractivity contribution in [2.45, 2.75) is 5.92 Å². The highest BCUT2D eigenvalue weighted by Gasteiger charge is 2.29. The third kappa shape index (κ3) is 4.08. The van der Waals surface area contributed by atoms with Crippen molar-refractivity contribution in [3.8, 4) is 11.1 Å². The molecule has 0 radical (unpaired) electrons. The second-order valence-electron chi connectivity index (χ2n) is 6.33. The average Bonchev–Trinajstić information content (AvgIpc) is 2.98. The Labute approximate surface area is 156 Å². The van der Waals surface area contributed by atoms with Gasteiger partial charge < -0.3 is 20.1 Å². The molecule has 7 heteroatoms. The smallest absolute Gasteiger partial charge is 0.409 e. The molecule has 0 unspecified atom stereocenters. The van der Waals surface area contributed by atoms with Crippen molar-refractivity contribution < 1.29 is 24.2 Å². The quantitative estimate of drug-likeness (QED) is 0.814. The zero-order valence-corrected chi connectivity index (χ0v) is 14.8. The van der Waals surface area contributed by atoms with Crippen molar-refractivity contribution in [1.82, 2.24) is 10.2 Å². The van der Waals surface area contributed by atoms with E-state index in [1.165, 1.54) is 7.05 Å². The fourth-order valence-electron chi connectivity index (χ4n) is 3.21. The number of hydrogen-bond acceptors (Lipinski definition) is 4. The minimum atomic E-state index is -1.15. The fourth-order valence-corrected chi connectivity index (χ4v) is 3.21. The van der Waals surface area contributed by atoms with Gasteiger partial charge in [-0.2, -0.15) is 0 Å². The van der Waals surface area contributed by atoms with E-state index in [0.29, 0.717) is 0 Å². The van der Waals surface area contributed by atoms with Crippen LogP contribution in [-0.2, 0) is 14.3 Å². The molecule has 2 aromatic carbocycles. The third-order valence-electron chi connectivity index (χ3n) is 4.47. The van der Waals surface area contributed by atoms with Crippen LogP contribution in [0.1, 0.15) is 17.0 Å². The molecule has 0 fully saturated rings. The molecule has 0 aromatic heterocycles. The predicted molar refractivity (Wildman–Crippen MR) is 98.3 cm³/mol. The summed E-state index contributed by atoms with van der Waals surface area (Å²) >= 11 is 0. The van der Waals surface area contributed by atoms with E-state index < -0.39 is 24.5 Å². The number of benzene rings is 2. The number of likely N-dealkylation sites (N-methyl/N-ethyl adjacent to an activating group) is 1. The van der Waals surface area contributed by atoms with Crippen LogP contribution >= 0.6 is 0 Å². The Bertz CT molecular complexity index is 835. The summed E-state index contributed by atoms with van der Waals surface area (Å²) in [5.74, 6) is -1.77. The summed E-state index contributed by atoms with van der Waals surface area (Å²) in [6, 6.07) is 16.0. The van der Waals surface area contributed by atoms with Crippen LogP contribution in [0.3, 0.4) is 0 Å². The molecule has 0 heterocycles. The number of fused-ring (bicyclic) bond motifs is 3. The van der Waals surface area contributed by atoms with Gasteiger partial charge in [0.05, 0.1) is 0 Å². The molecular formula is C20H20N2O5. The van der Waals surface area contributed by atoms with E-state index in [-0.39, 0.29) is 19.1 Å². The van der Waals surface area contributed by atoms with Gasteiger partial charge in [-0.25, -0.2) is 4.79 Å². The number of rotatable bonds is 6. The van der Waals surface area contributed by atoms with E-state index in [2.05, 4.69) is 17.4 Å². The highest BCUT2D eigenvalue weighted by Crippen LogP contribution is 2.44. The van der Waals surface area contributed by atoms with E-state index >= 15 is 0 Å².